The van der Waals surface area contributed by atoms with E-state index < -0.39 is 11.0 Å². The molecule has 0 saturated heterocycles. The molecule has 0 aliphatic heterocycles. The molecule has 1 aliphatic carbocycles. The lowest BCUT2D eigenvalue weighted by molar-refractivity contribution is -0.389. The van der Waals surface area contributed by atoms with Crippen molar-refractivity contribution in [1.29, 1.82) is 0 Å². The van der Waals surface area contributed by atoms with Crippen molar-refractivity contribution in [2.45, 2.75) is 5.92 Å². The minimum Gasteiger partial charge on any atom is -0.449 e. The zero-order chi connectivity index (χ0) is 20.9. The topological polar surface area (TPSA) is 94.4 Å². The average Bonchev–Trinajstić information content (AvgIpc) is 3.09. The molecule has 1 heterocycles. The number of fused-ring (bicyclic) bond motifs is 3. The quantitative estimate of drug-likeness (QED) is 0.408. The summed E-state index contributed by atoms with van der Waals surface area (Å²) in [6.45, 7) is 0.212. The van der Waals surface area contributed by atoms with Gasteiger partial charge in [0, 0.05) is 5.92 Å². The van der Waals surface area contributed by atoms with E-state index in [2.05, 4.69) is 34.3 Å². The van der Waals surface area contributed by atoms with Crippen LogP contribution in [0.25, 0.3) is 11.1 Å². The molecular formula is C23H17N3O4. The van der Waals surface area contributed by atoms with E-state index in [4.69, 9.17) is 4.74 Å². The first-order valence-corrected chi connectivity index (χ1v) is 9.32. The Hall–Kier alpha value is -4.18. The van der Waals surface area contributed by atoms with Crippen molar-refractivity contribution in [3.8, 4) is 23.0 Å². The van der Waals surface area contributed by atoms with Crippen molar-refractivity contribution in [3.63, 3.8) is 0 Å². The van der Waals surface area contributed by atoms with Crippen LogP contribution in [0.3, 0.4) is 0 Å². The molecule has 0 radical (unpaired) electrons. The Kier molecular flexibility index (Phi) is 5.39. The van der Waals surface area contributed by atoms with Crippen molar-refractivity contribution in [2.75, 3.05) is 13.2 Å². The maximum atomic E-state index is 12.1. The fraction of sp³-hybridized carbons (Fsp3) is 0.130. The fourth-order valence-electron chi connectivity index (χ4n) is 3.55. The molecule has 2 aromatic carbocycles. The summed E-state index contributed by atoms with van der Waals surface area (Å²) >= 11 is 0. The number of hydrogen-bond acceptors (Lipinski definition) is 5. The Labute approximate surface area is 172 Å². The summed E-state index contributed by atoms with van der Waals surface area (Å²) in [5.74, 6) is 4.99. The second kappa shape index (κ2) is 8.45. The van der Waals surface area contributed by atoms with Gasteiger partial charge in [0.1, 0.15) is 18.4 Å². The third kappa shape index (κ3) is 3.84. The van der Waals surface area contributed by atoms with Crippen LogP contribution < -0.4 is 5.32 Å². The van der Waals surface area contributed by atoms with Gasteiger partial charge in [-0.1, -0.05) is 60.4 Å². The van der Waals surface area contributed by atoms with Crippen molar-refractivity contribution in [2.24, 2.45) is 0 Å². The molecule has 1 N–H and O–H groups in total. The van der Waals surface area contributed by atoms with Crippen molar-refractivity contribution >= 4 is 11.9 Å². The van der Waals surface area contributed by atoms with Crippen LogP contribution in [0.4, 0.5) is 10.6 Å². The summed E-state index contributed by atoms with van der Waals surface area (Å²) in [6.07, 6.45) is 0.741. The molecule has 0 atom stereocenters. The fourth-order valence-corrected chi connectivity index (χ4v) is 3.55. The zero-order valence-electron chi connectivity index (χ0n) is 15.9. The number of amides is 1. The number of hydrogen-bond donors (Lipinski definition) is 1. The van der Waals surface area contributed by atoms with Crippen molar-refractivity contribution < 1.29 is 14.5 Å². The first-order chi connectivity index (χ1) is 14.6. The highest BCUT2D eigenvalue weighted by Gasteiger charge is 2.28. The van der Waals surface area contributed by atoms with Gasteiger partial charge in [0.15, 0.2) is 0 Å². The summed E-state index contributed by atoms with van der Waals surface area (Å²) in [5, 5.41) is 13.5. The molecule has 3 aromatic rings. The van der Waals surface area contributed by atoms with Crippen molar-refractivity contribution in [1.82, 2.24) is 10.3 Å². The monoisotopic (exact) mass is 399 g/mol. The Bertz CT molecular complexity index is 1130. The number of aromatic nitrogens is 1. The highest BCUT2D eigenvalue weighted by molar-refractivity contribution is 5.79. The number of alkyl carbamates (subject to hydrolysis) is 1. The van der Waals surface area contributed by atoms with Crippen LogP contribution in [0.1, 0.15) is 22.6 Å². The first kappa shape index (κ1) is 19.2. The molecule has 0 spiro atoms. The average molecular weight is 399 g/mol. The van der Waals surface area contributed by atoms with Crippen LogP contribution in [-0.2, 0) is 4.74 Å². The van der Waals surface area contributed by atoms with Crippen LogP contribution in [-0.4, -0.2) is 29.2 Å². The van der Waals surface area contributed by atoms with Crippen LogP contribution in [0.5, 0.6) is 0 Å². The number of rotatable bonds is 4. The number of benzene rings is 2. The van der Waals surface area contributed by atoms with Gasteiger partial charge in [-0.2, -0.15) is 0 Å². The van der Waals surface area contributed by atoms with Gasteiger partial charge in [-0.25, -0.2) is 4.79 Å². The lowest BCUT2D eigenvalue weighted by Gasteiger charge is -2.14. The maximum Gasteiger partial charge on any atom is 0.407 e. The molecule has 30 heavy (non-hydrogen) atoms. The van der Waals surface area contributed by atoms with Crippen LogP contribution in [0.15, 0.2) is 66.9 Å². The second-order valence-electron chi connectivity index (χ2n) is 6.61. The molecule has 0 unspecified atom stereocenters. The second-order valence-corrected chi connectivity index (χ2v) is 6.61. The van der Waals surface area contributed by atoms with Gasteiger partial charge >= 0.3 is 11.9 Å². The van der Waals surface area contributed by atoms with Gasteiger partial charge in [0.05, 0.1) is 6.54 Å². The van der Waals surface area contributed by atoms with Crippen LogP contribution >= 0.6 is 0 Å². The van der Waals surface area contributed by atoms with E-state index in [9.17, 15) is 14.9 Å². The molecular weight excluding hydrogens is 382 g/mol. The summed E-state index contributed by atoms with van der Waals surface area (Å²) in [4.78, 5) is 26.1. The molecule has 7 heteroatoms. The zero-order valence-corrected chi connectivity index (χ0v) is 15.9. The number of ether oxygens (including phenoxy) is 1. The van der Waals surface area contributed by atoms with E-state index in [1.165, 1.54) is 12.3 Å². The van der Waals surface area contributed by atoms with E-state index in [1.54, 1.807) is 6.07 Å². The molecule has 1 aliphatic rings. The van der Waals surface area contributed by atoms with Gasteiger partial charge in [0.2, 0.25) is 0 Å². The lowest BCUT2D eigenvalue weighted by atomic mass is 9.98. The summed E-state index contributed by atoms with van der Waals surface area (Å²) < 4.78 is 5.42. The molecule has 4 rings (SSSR count). The number of carbonyl (C=O) groups excluding carboxylic acids is 1. The maximum absolute atomic E-state index is 12.1. The summed E-state index contributed by atoms with van der Waals surface area (Å²) in [6, 6.07) is 19.3. The molecule has 1 amide bonds. The van der Waals surface area contributed by atoms with Crippen molar-refractivity contribution in [3.05, 3.63) is 93.7 Å². The first-order valence-electron chi connectivity index (χ1n) is 9.32. The van der Waals surface area contributed by atoms with Gasteiger partial charge in [-0.05, 0) is 44.3 Å². The Morgan fingerprint density at radius 1 is 1.07 bits per heavy atom. The Balaban J connectivity index is 1.36. The predicted octanol–water partition coefficient (Wildman–Crippen LogP) is 3.88. The molecule has 7 nitrogen and oxygen atoms in total. The van der Waals surface area contributed by atoms with Gasteiger partial charge in [-0.15, -0.1) is 0 Å². The van der Waals surface area contributed by atoms with E-state index in [1.807, 2.05) is 36.4 Å². The van der Waals surface area contributed by atoms with E-state index in [0.29, 0.717) is 0 Å². The minimum atomic E-state index is -0.594. The number of nitrogens with zero attached hydrogens (tertiary/aromatic N) is 2. The van der Waals surface area contributed by atoms with Crippen LogP contribution in [0, 0.1) is 22.0 Å². The van der Waals surface area contributed by atoms with Gasteiger partial charge in [-0.3, -0.25) is 0 Å². The molecule has 148 valence electrons. The molecule has 0 bridgehead atoms. The minimum absolute atomic E-state index is 0.00270. The third-order valence-corrected chi connectivity index (χ3v) is 4.85. The SMILES string of the molecule is O=C(NCC#Cc1cccnc1[N+](=O)[O-])OCC1c2ccccc2-c2ccccc21. The number of carbonyl (C=O) groups is 1. The summed E-state index contributed by atoms with van der Waals surface area (Å²) in [7, 11) is 0. The Morgan fingerprint density at radius 3 is 2.40 bits per heavy atom. The highest BCUT2D eigenvalue weighted by atomic mass is 16.6. The van der Waals surface area contributed by atoms with Crippen LogP contribution in [0.2, 0.25) is 0 Å². The van der Waals surface area contributed by atoms with E-state index in [-0.39, 0.29) is 30.5 Å². The predicted molar refractivity (Wildman–Crippen MR) is 111 cm³/mol. The highest BCUT2D eigenvalue weighted by Crippen LogP contribution is 2.44. The molecule has 0 saturated carbocycles. The largest absolute Gasteiger partial charge is 0.449 e. The number of pyridine rings is 1. The number of nitrogens with one attached hydrogen (secondary N) is 1. The van der Waals surface area contributed by atoms with Gasteiger partial charge < -0.3 is 20.2 Å². The number of nitro groups is 1. The lowest BCUT2D eigenvalue weighted by Crippen LogP contribution is -2.26. The van der Waals surface area contributed by atoms with E-state index in [0.717, 1.165) is 22.3 Å². The summed E-state index contributed by atoms with van der Waals surface area (Å²) in [5.41, 5.74) is 4.78. The molecule has 1 aromatic heterocycles. The molecule has 0 fully saturated rings. The third-order valence-electron chi connectivity index (χ3n) is 4.85. The standard InChI is InChI=1S/C23H17N3O4/c27-23(25-14-6-8-16-7-5-13-24-22(16)26(28)29)30-15-21-19-11-3-1-9-17(19)18-10-2-4-12-20(18)21/h1-5,7,9-13,21H,14-15H2,(H,25,27). The van der Waals surface area contributed by atoms with E-state index >= 15 is 0 Å². The smallest absolute Gasteiger partial charge is 0.407 e. The Morgan fingerprint density at radius 2 is 1.73 bits per heavy atom. The normalized spacial score (nSPS) is 11.6. The van der Waals surface area contributed by atoms with Gasteiger partial charge in [0.25, 0.3) is 0 Å².